The fourth-order valence-corrected chi connectivity index (χ4v) is 5.20. The Morgan fingerprint density at radius 1 is 0.838 bits per heavy atom. The molecule has 0 atom stereocenters. The van der Waals surface area contributed by atoms with Gasteiger partial charge in [0.25, 0.3) is 5.91 Å². The largest absolute Gasteiger partial charge is 0.455 e. The molecule has 0 spiro atoms. The van der Waals surface area contributed by atoms with Crippen molar-refractivity contribution in [3.05, 3.63) is 114 Å². The first kappa shape index (κ1) is 24.4. The number of nitrogens with one attached hydrogen (secondary N) is 2. The molecule has 6 nitrogen and oxygen atoms in total. The number of rotatable bonds is 7. The molecule has 0 saturated heterocycles. The van der Waals surface area contributed by atoms with Gasteiger partial charge in [-0.3, -0.25) is 4.79 Å². The maximum Gasteiger partial charge on any atom is 0.255 e. The molecule has 0 fully saturated rings. The van der Waals surface area contributed by atoms with Crippen molar-refractivity contribution >= 4 is 26.9 Å². The maximum atomic E-state index is 13.5. The Bertz CT molecular complexity index is 1700. The lowest BCUT2D eigenvalue weighted by molar-refractivity contribution is 0.0964. The first-order valence-corrected chi connectivity index (χ1v) is 13.0. The molecule has 0 saturated carbocycles. The first-order valence-electron chi connectivity index (χ1n) is 11.5. The molecule has 0 aliphatic heterocycles. The summed E-state index contributed by atoms with van der Waals surface area (Å²) in [6, 6.07) is 26.9. The van der Waals surface area contributed by atoms with Crippen molar-refractivity contribution in [2.75, 3.05) is 7.05 Å². The summed E-state index contributed by atoms with van der Waals surface area (Å²) in [5.74, 6) is -0.415. The summed E-state index contributed by atoms with van der Waals surface area (Å²) in [5.41, 5.74) is 3.59. The Kier molecular flexibility index (Phi) is 6.60. The van der Waals surface area contributed by atoms with Crippen molar-refractivity contribution in [3.8, 4) is 22.5 Å². The molecule has 4 aromatic carbocycles. The van der Waals surface area contributed by atoms with Crippen LogP contribution in [0.5, 0.6) is 0 Å². The van der Waals surface area contributed by atoms with Crippen LogP contribution in [0.2, 0.25) is 0 Å². The van der Waals surface area contributed by atoms with Crippen molar-refractivity contribution < 1.29 is 22.0 Å². The highest BCUT2D eigenvalue weighted by atomic mass is 32.2. The van der Waals surface area contributed by atoms with Gasteiger partial charge in [-0.2, -0.15) is 0 Å². The zero-order chi connectivity index (χ0) is 26.0. The molecule has 37 heavy (non-hydrogen) atoms. The number of carbonyl (C=O) groups excluding carboxylic acids is 1. The molecular weight excluding hydrogens is 491 g/mol. The third-order valence-electron chi connectivity index (χ3n) is 6.04. The number of carbonyl (C=O) groups is 1. The topological polar surface area (TPSA) is 88.4 Å². The van der Waals surface area contributed by atoms with Gasteiger partial charge in [0.05, 0.1) is 10.5 Å². The van der Waals surface area contributed by atoms with Crippen molar-refractivity contribution in [1.29, 1.82) is 0 Å². The van der Waals surface area contributed by atoms with Gasteiger partial charge < -0.3 is 9.73 Å². The summed E-state index contributed by atoms with van der Waals surface area (Å²) in [5, 5.41) is 3.20. The number of hydrogen-bond acceptors (Lipinski definition) is 4. The predicted octanol–water partition coefficient (Wildman–Crippen LogP) is 5.74. The second-order valence-corrected chi connectivity index (χ2v) is 10.2. The van der Waals surface area contributed by atoms with Gasteiger partial charge in [0.1, 0.15) is 17.2 Å². The number of furan rings is 1. The van der Waals surface area contributed by atoms with Crippen molar-refractivity contribution in [1.82, 2.24) is 10.0 Å². The Morgan fingerprint density at radius 2 is 1.54 bits per heavy atom. The van der Waals surface area contributed by atoms with Crippen LogP contribution in [0.15, 0.2) is 106 Å². The minimum atomic E-state index is -3.76. The maximum absolute atomic E-state index is 13.5. The summed E-state index contributed by atoms with van der Waals surface area (Å²) in [6.07, 6.45) is 0. The molecule has 0 unspecified atom stereocenters. The van der Waals surface area contributed by atoms with E-state index in [0.29, 0.717) is 39.0 Å². The Labute approximate surface area is 213 Å². The minimum absolute atomic E-state index is 0.131. The fraction of sp³-hybridized carbons (Fsp3) is 0.0690. The predicted molar refractivity (Wildman–Crippen MR) is 141 cm³/mol. The molecule has 0 aliphatic rings. The minimum Gasteiger partial charge on any atom is -0.455 e. The quantitative estimate of drug-likeness (QED) is 0.290. The number of halogens is 1. The van der Waals surface area contributed by atoms with Crippen LogP contribution < -0.4 is 10.0 Å². The van der Waals surface area contributed by atoms with Crippen LogP contribution in [0.25, 0.3) is 33.4 Å². The summed E-state index contributed by atoms with van der Waals surface area (Å²) >= 11 is 0. The zero-order valence-corrected chi connectivity index (χ0v) is 20.7. The van der Waals surface area contributed by atoms with Crippen LogP contribution in [0.4, 0.5) is 4.39 Å². The van der Waals surface area contributed by atoms with Crippen LogP contribution in [-0.2, 0) is 16.6 Å². The van der Waals surface area contributed by atoms with E-state index in [0.717, 1.165) is 5.56 Å². The number of sulfonamides is 1. The van der Waals surface area contributed by atoms with Gasteiger partial charge in [0.15, 0.2) is 0 Å². The molecule has 1 aromatic heterocycles. The number of fused-ring (bicyclic) bond motifs is 1. The standard InChI is InChI=1S/C29H23FN2O4S/c1-31-29(33)27-25-17-22(12-15-26(25)36-28(27)20-10-13-23(30)14-11-20)21-8-5-9-24(16-21)37(34,35)32-18-19-6-3-2-4-7-19/h2-17,32H,18H2,1H3,(H,31,33). The smallest absolute Gasteiger partial charge is 0.255 e. The molecular formula is C29H23FN2O4S. The molecule has 8 heteroatoms. The third-order valence-corrected chi connectivity index (χ3v) is 7.43. The van der Waals surface area contributed by atoms with Crippen molar-refractivity contribution in [2.24, 2.45) is 0 Å². The normalized spacial score (nSPS) is 11.5. The van der Waals surface area contributed by atoms with E-state index in [4.69, 9.17) is 4.42 Å². The van der Waals surface area contributed by atoms with Crippen LogP contribution in [0.3, 0.4) is 0 Å². The summed E-state index contributed by atoms with van der Waals surface area (Å²) in [4.78, 5) is 13.0. The SMILES string of the molecule is CNC(=O)c1c(-c2ccc(F)cc2)oc2ccc(-c3cccc(S(=O)(=O)NCc4ccccc4)c3)cc12. The van der Waals surface area contributed by atoms with Gasteiger partial charge in [-0.25, -0.2) is 17.5 Å². The second-order valence-electron chi connectivity index (χ2n) is 8.44. The van der Waals surface area contributed by atoms with Crippen LogP contribution >= 0.6 is 0 Å². The van der Waals surface area contributed by atoms with Crippen molar-refractivity contribution in [3.63, 3.8) is 0 Å². The van der Waals surface area contributed by atoms with Gasteiger partial charge in [-0.15, -0.1) is 0 Å². The first-order chi connectivity index (χ1) is 17.9. The summed E-state index contributed by atoms with van der Waals surface area (Å²) in [7, 11) is -2.23. The molecule has 2 N–H and O–H groups in total. The number of hydrogen-bond donors (Lipinski definition) is 2. The lowest BCUT2D eigenvalue weighted by atomic mass is 10.00. The van der Waals surface area contributed by atoms with E-state index in [9.17, 15) is 17.6 Å². The Hall–Kier alpha value is -4.27. The van der Waals surface area contributed by atoms with Gasteiger partial charge in [-0.1, -0.05) is 48.5 Å². The molecule has 5 rings (SSSR count). The van der Waals surface area contributed by atoms with E-state index in [1.165, 1.54) is 25.2 Å². The zero-order valence-electron chi connectivity index (χ0n) is 19.9. The lowest BCUT2D eigenvalue weighted by Gasteiger charge is -2.09. The third kappa shape index (κ3) is 5.02. The lowest BCUT2D eigenvalue weighted by Crippen LogP contribution is -2.23. The number of benzene rings is 4. The van der Waals surface area contributed by atoms with Gasteiger partial charge in [0, 0.05) is 24.5 Å². The van der Waals surface area contributed by atoms with Gasteiger partial charge in [-0.05, 0) is 65.2 Å². The van der Waals surface area contributed by atoms with Crippen LogP contribution in [-0.4, -0.2) is 21.4 Å². The summed E-state index contributed by atoms with van der Waals surface area (Å²) in [6.45, 7) is 0.177. The molecule has 5 aromatic rings. The monoisotopic (exact) mass is 514 g/mol. The molecule has 0 radical (unpaired) electrons. The Balaban J connectivity index is 1.53. The van der Waals surface area contributed by atoms with E-state index in [-0.39, 0.29) is 17.3 Å². The van der Waals surface area contributed by atoms with Gasteiger partial charge >= 0.3 is 0 Å². The van der Waals surface area contributed by atoms with Crippen LogP contribution in [0, 0.1) is 5.82 Å². The second kappa shape index (κ2) is 10.0. The van der Waals surface area contributed by atoms with E-state index < -0.39 is 15.8 Å². The van der Waals surface area contributed by atoms with Crippen LogP contribution in [0.1, 0.15) is 15.9 Å². The van der Waals surface area contributed by atoms with Crippen molar-refractivity contribution in [2.45, 2.75) is 11.4 Å². The average molecular weight is 515 g/mol. The van der Waals surface area contributed by atoms with E-state index in [2.05, 4.69) is 10.0 Å². The van der Waals surface area contributed by atoms with E-state index in [1.54, 1.807) is 48.5 Å². The highest BCUT2D eigenvalue weighted by Crippen LogP contribution is 2.36. The fourth-order valence-electron chi connectivity index (χ4n) is 4.13. The molecule has 1 amide bonds. The average Bonchev–Trinajstić information content (AvgIpc) is 3.31. The highest BCUT2D eigenvalue weighted by molar-refractivity contribution is 7.89. The van der Waals surface area contributed by atoms with E-state index in [1.807, 2.05) is 30.3 Å². The molecule has 186 valence electrons. The van der Waals surface area contributed by atoms with E-state index >= 15 is 0 Å². The molecule has 1 heterocycles. The Morgan fingerprint density at radius 3 is 2.27 bits per heavy atom. The summed E-state index contributed by atoms with van der Waals surface area (Å²) < 4.78 is 48.0. The van der Waals surface area contributed by atoms with Gasteiger partial charge in [0.2, 0.25) is 10.0 Å². The highest BCUT2D eigenvalue weighted by Gasteiger charge is 2.22. The molecule has 0 bridgehead atoms. The molecule has 0 aliphatic carbocycles. The number of amides is 1.